The summed E-state index contributed by atoms with van der Waals surface area (Å²) in [6, 6.07) is 10.4. The lowest BCUT2D eigenvalue weighted by molar-refractivity contribution is -0.190. The van der Waals surface area contributed by atoms with Gasteiger partial charge in [0.1, 0.15) is 6.10 Å². The Morgan fingerprint density at radius 2 is 1.41 bits per heavy atom. The van der Waals surface area contributed by atoms with Gasteiger partial charge in [0.2, 0.25) is 0 Å². The summed E-state index contributed by atoms with van der Waals surface area (Å²) in [6.45, 7) is 5.14. The van der Waals surface area contributed by atoms with Gasteiger partial charge >= 0.3 is 5.97 Å². The lowest BCUT2D eigenvalue weighted by atomic mass is 9.86. The summed E-state index contributed by atoms with van der Waals surface area (Å²) in [6.07, 6.45) is 20.0. The van der Waals surface area contributed by atoms with Gasteiger partial charge in [0, 0.05) is 6.42 Å². The minimum atomic E-state index is 0.0105. The quantitative estimate of drug-likeness (QED) is 0.150. The highest BCUT2D eigenvalue weighted by atomic mass is 16.6. The van der Waals surface area contributed by atoms with E-state index in [2.05, 4.69) is 38.1 Å². The van der Waals surface area contributed by atoms with Gasteiger partial charge in [-0.25, -0.2) is 0 Å². The summed E-state index contributed by atoms with van der Waals surface area (Å²) < 4.78 is 11.9. The molecule has 0 aromatic heterocycles. The van der Waals surface area contributed by atoms with E-state index in [-0.39, 0.29) is 24.1 Å². The summed E-state index contributed by atoms with van der Waals surface area (Å²) in [5.74, 6) is 0.106. The molecule has 0 amide bonds. The molecule has 3 heteroatoms. The third-order valence-corrected chi connectivity index (χ3v) is 6.84. The number of hydrogen-bond donors (Lipinski definition) is 0. The molecule has 1 aliphatic heterocycles. The van der Waals surface area contributed by atoms with E-state index >= 15 is 0 Å². The van der Waals surface area contributed by atoms with Crippen molar-refractivity contribution in [2.24, 2.45) is 5.92 Å². The molecule has 1 heterocycles. The summed E-state index contributed by atoms with van der Waals surface area (Å²) in [4.78, 5) is 12.0. The predicted octanol–water partition coefficient (Wildman–Crippen LogP) is 8.39. The Kier molecular flexibility index (Phi) is 14.4. The fourth-order valence-electron chi connectivity index (χ4n) is 4.70. The van der Waals surface area contributed by atoms with Crippen LogP contribution in [0, 0.1) is 5.92 Å². The minimum absolute atomic E-state index is 0.0105. The molecule has 1 unspecified atom stereocenters. The Morgan fingerprint density at radius 1 is 0.812 bits per heavy atom. The average molecular weight is 445 g/mol. The van der Waals surface area contributed by atoms with Crippen molar-refractivity contribution in [3.63, 3.8) is 0 Å². The fourth-order valence-corrected chi connectivity index (χ4v) is 4.70. The van der Waals surface area contributed by atoms with Crippen LogP contribution in [-0.4, -0.2) is 18.2 Å². The molecule has 2 rings (SSSR count). The zero-order valence-corrected chi connectivity index (χ0v) is 20.9. The van der Waals surface area contributed by atoms with E-state index in [1.165, 1.54) is 82.6 Å². The number of rotatable bonds is 20. The predicted molar refractivity (Wildman–Crippen MR) is 134 cm³/mol. The molecule has 1 aliphatic rings. The number of benzene rings is 1. The second-order valence-electron chi connectivity index (χ2n) is 9.70. The second-order valence-corrected chi connectivity index (χ2v) is 9.70. The van der Waals surface area contributed by atoms with Crippen molar-refractivity contribution in [3.05, 3.63) is 35.9 Å². The lowest BCUT2D eigenvalue weighted by Gasteiger charge is -2.37. The lowest BCUT2D eigenvalue weighted by Crippen LogP contribution is -2.47. The summed E-state index contributed by atoms with van der Waals surface area (Å²) in [5.41, 5.74) is 1.21. The smallest absolute Gasteiger partial charge is 0.313 e. The van der Waals surface area contributed by atoms with Crippen LogP contribution in [0.1, 0.15) is 122 Å². The number of hydrogen-bond acceptors (Lipinski definition) is 3. The first-order valence-electron chi connectivity index (χ1n) is 13.6. The molecule has 3 nitrogen and oxygen atoms in total. The van der Waals surface area contributed by atoms with Gasteiger partial charge in [-0.2, -0.15) is 0 Å². The molecule has 1 aromatic rings. The topological polar surface area (TPSA) is 35.5 Å². The first kappa shape index (κ1) is 26.9. The third kappa shape index (κ3) is 11.0. The zero-order chi connectivity index (χ0) is 22.9. The van der Waals surface area contributed by atoms with Gasteiger partial charge in [0.15, 0.2) is 0 Å². The summed E-state index contributed by atoms with van der Waals surface area (Å²) in [5, 5.41) is 0. The molecule has 0 spiro atoms. The second kappa shape index (κ2) is 17.2. The van der Waals surface area contributed by atoms with Gasteiger partial charge in [-0.15, -0.1) is 0 Å². The highest BCUT2D eigenvalue weighted by molar-refractivity contribution is 5.78. The molecule has 3 atom stereocenters. The van der Waals surface area contributed by atoms with Crippen LogP contribution in [0.4, 0.5) is 0 Å². The van der Waals surface area contributed by atoms with Crippen LogP contribution in [0.3, 0.4) is 0 Å². The van der Waals surface area contributed by atoms with Crippen LogP contribution in [0.25, 0.3) is 0 Å². The number of unbranched alkanes of at least 4 members (excludes halogenated alkanes) is 11. The van der Waals surface area contributed by atoms with Crippen molar-refractivity contribution in [1.29, 1.82) is 0 Å². The van der Waals surface area contributed by atoms with E-state index in [4.69, 9.17) is 9.47 Å². The summed E-state index contributed by atoms with van der Waals surface area (Å²) in [7, 11) is 0. The number of carbonyl (C=O) groups excluding carboxylic acids is 1. The number of cyclic esters (lactones) is 1. The van der Waals surface area contributed by atoms with Crippen LogP contribution >= 0.6 is 0 Å². The molecule has 182 valence electrons. The fraction of sp³-hybridized carbons (Fsp3) is 0.759. The van der Waals surface area contributed by atoms with Crippen LogP contribution in [-0.2, 0) is 20.9 Å². The Labute approximate surface area is 197 Å². The average Bonchev–Trinajstić information content (AvgIpc) is 2.81. The highest BCUT2D eigenvalue weighted by Gasteiger charge is 2.42. The van der Waals surface area contributed by atoms with Crippen molar-refractivity contribution >= 4 is 5.97 Å². The molecule has 0 aliphatic carbocycles. The van der Waals surface area contributed by atoms with E-state index in [0.717, 1.165) is 25.7 Å². The maximum absolute atomic E-state index is 12.0. The highest BCUT2D eigenvalue weighted by Crippen LogP contribution is 2.32. The van der Waals surface area contributed by atoms with Gasteiger partial charge in [0.25, 0.3) is 0 Å². The van der Waals surface area contributed by atoms with Crippen molar-refractivity contribution < 1.29 is 14.3 Å². The SMILES string of the molecule is CCCCCCCCCCC[C@H](CC1OC(=O)[C@H]1CCCCCC)OCc1ccccc1. The number of ether oxygens (including phenoxy) is 2. The first-order valence-corrected chi connectivity index (χ1v) is 13.6. The van der Waals surface area contributed by atoms with Gasteiger partial charge in [-0.3, -0.25) is 4.79 Å². The van der Waals surface area contributed by atoms with E-state index in [0.29, 0.717) is 6.61 Å². The van der Waals surface area contributed by atoms with E-state index in [1.807, 2.05) is 6.07 Å². The van der Waals surface area contributed by atoms with E-state index in [1.54, 1.807) is 0 Å². The number of carbonyl (C=O) groups is 1. The Bertz CT molecular complexity index is 585. The Hall–Kier alpha value is -1.35. The normalized spacial score (nSPS) is 18.9. The van der Waals surface area contributed by atoms with Crippen LogP contribution in [0.15, 0.2) is 30.3 Å². The maximum Gasteiger partial charge on any atom is 0.313 e. The number of esters is 1. The van der Waals surface area contributed by atoms with Crippen molar-refractivity contribution in [1.82, 2.24) is 0 Å². The van der Waals surface area contributed by atoms with Crippen molar-refractivity contribution in [2.75, 3.05) is 0 Å². The minimum Gasteiger partial charge on any atom is -0.461 e. The van der Waals surface area contributed by atoms with Gasteiger partial charge in [-0.1, -0.05) is 128 Å². The molecule has 1 saturated heterocycles. The van der Waals surface area contributed by atoms with E-state index < -0.39 is 0 Å². The molecular formula is C29H48O3. The molecule has 0 saturated carbocycles. The maximum atomic E-state index is 12.0. The molecular weight excluding hydrogens is 396 g/mol. The molecule has 0 radical (unpaired) electrons. The molecule has 0 N–H and O–H groups in total. The largest absolute Gasteiger partial charge is 0.461 e. The van der Waals surface area contributed by atoms with Crippen LogP contribution < -0.4 is 0 Å². The molecule has 1 fully saturated rings. The summed E-state index contributed by atoms with van der Waals surface area (Å²) >= 11 is 0. The van der Waals surface area contributed by atoms with Crippen molar-refractivity contribution in [3.8, 4) is 0 Å². The molecule has 0 bridgehead atoms. The van der Waals surface area contributed by atoms with Gasteiger partial charge < -0.3 is 9.47 Å². The van der Waals surface area contributed by atoms with Gasteiger partial charge in [0.05, 0.1) is 18.6 Å². The van der Waals surface area contributed by atoms with Crippen LogP contribution in [0.5, 0.6) is 0 Å². The Balaban J connectivity index is 1.72. The zero-order valence-electron chi connectivity index (χ0n) is 20.9. The standard InChI is InChI=1S/C29H48O3/c1-3-5-7-9-10-11-12-13-17-21-26(31-24-25-19-15-14-16-20-25)23-28-27(29(30)32-28)22-18-8-6-4-2/h14-16,19-20,26-28H,3-13,17-18,21-24H2,1-2H3/t26-,27+,28?/m1/s1. The van der Waals surface area contributed by atoms with E-state index in [9.17, 15) is 4.79 Å². The van der Waals surface area contributed by atoms with Crippen LogP contribution in [0.2, 0.25) is 0 Å². The first-order chi connectivity index (χ1) is 15.7. The van der Waals surface area contributed by atoms with Crippen molar-refractivity contribution in [2.45, 2.75) is 135 Å². The molecule has 1 aromatic carbocycles. The van der Waals surface area contributed by atoms with Gasteiger partial charge in [-0.05, 0) is 18.4 Å². The molecule has 32 heavy (non-hydrogen) atoms. The monoisotopic (exact) mass is 444 g/mol. The third-order valence-electron chi connectivity index (χ3n) is 6.84. The Morgan fingerprint density at radius 3 is 2.03 bits per heavy atom.